The number of anilines is 2. The molecule has 2 aromatic rings. The van der Waals surface area contributed by atoms with Crippen LogP contribution in [-0.4, -0.2) is 11.1 Å². The molecule has 0 amide bonds. The van der Waals surface area contributed by atoms with Crippen molar-refractivity contribution in [2.45, 2.75) is 0 Å². The highest BCUT2D eigenvalue weighted by Crippen LogP contribution is 2.28. The fraction of sp³-hybridized carbons (Fsp3) is 0. The van der Waals surface area contributed by atoms with E-state index in [0.717, 1.165) is 20.3 Å². The summed E-state index contributed by atoms with van der Waals surface area (Å²) in [5.41, 5.74) is 2.03. The maximum absolute atomic E-state index is 10.7. The molecular formula is C13H9Br2NO2. The van der Waals surface area contributed by atoms with Crippen LogP contribution in [0.25, 0.3) is 0 Å². The minimum atomic E-state index is -0.925. The molecule has 0 atom stereocenters. The second-order valence-electron chi connectivity index (χ2n) is 3.63. The van der Waals surface area contributed by atoms with E-state index in [4.69, 9.17) is 5.11 Å². The van der Waals surface area contributed by atoms with Crippen molar-refractivity contribution in [2.24, 2.45) is 0 Å². The van der Waals surface area contributed by atoms with Crippen molar-refractivity contribution in [1.29, 1.82) is 0 Å². The number of rotatable bonds is 3. The predicted molar refractivity (Wildman–Crippen MR) is 78.5 cm³/mol. The number of nitrogens with one attached hydrogen (secondary N) is 1. The monoisotopic (exact) mass is 369 g/mol. The quantitative estimate of drug-likeness (QED) is 0.826. The number of hydrogen-bond acceptors (Lipinski definition) is 2. The van der Waals surface area contributed by atoms with Crippen LogP contribution in [0.15, 0.2) is 51.4 Å². The predicted octanol–water partition coefficient (Wildman–Crippen LogP) is 4.65. The van der Waals surface area contributed by atoms with E-state index in [2.05, 4.69) is 37.2 Å². The normalized spacial score (nSPS) is 10.1. The minimum Gasteiger partial charge on any atom is -0.478 e. The number of aromatic carboxylic acids is 1. The molecule has 3 nitrogen and oxygen atoms in total. The summed E-state index contributed by atoms with van der Waals surface area (Å²) in [5, 5.41) is 12.0. The molecule has 0 radical (unpaired) electrons. The molecule has 0 aromatic heterocycles. The van der Waals surface area contributed by atoms with Crippen LogP contribution in [0.3, 0.4) is 0 Å². The van der Waals surface area contributed by atoms with Crippen molar-refractivity contribution in [1.82, 2.24) is 0 Å². The first kappa shape index (κ1) is 13.1. The summed E-state index contributed by atoms with van der Waals surface area (Å²) in [5.74, 6) is -0.925. The van der Waals surface area contributed by atoms with Crippen LogP contribution in [0.4, 0.5) is 11.4 Å². The highest BCUT2D eigenvalue weighted by atomic mass is 79.9. The van der Waals surface area contributed by atoms with Crippen LogP contribution in [-0.2, 0) is 0 Å². The van der Waals surface area contributed by atoms with Gasteiger partial charge in [-0.25, -0.2) is 4.79 Å². The first-order valence-corrected chi connectivity index (χ1v) is 6.70. The molecule has 0 aliphatic rings. The van der Waals surface area contributed by atoms with Crippen molar-refractivity contribution in [3.8, 4) is 0 Å². The largest absolute Gasteiger partial charge is 0.478 e. The highest BCUT2D eigenvalue weighted by Gasteiger charge is 2.03. The Balaban J connectivity index is 2.21. The third-order valence-electron chi connectivity index (χ3n) is 2.34. The molecule has 0 aliphatic carbocycles. The Bertz CT molecular complexity index is 582. The summed E-state index contributed by atoms with van der Waals surface area (Å²) in [7, 11) is 0. The van der Waals surface area contributed by atoms with Gasteiger partial charge in [-0.05, 0) is 58.4 Å². The summed E-state index contributed by atoms with van der Waals surface area (Å²) in [4.78, 5) is 10.7. The fourth-order valence-electron chi connectivity index (χ4n) is 1.44. The molecule has 0 unspecified atom stereocenters. The van der Waals surface area contributed by atoms with Gasteiger partial charge >= 0.3 is 5.97 Å². The molecule has 2 rings (SSSR count). The Kier molecular flexibility index (Phi) is 4.04. The molecule has 0 heterocycles. The average Bonchev–Trinajstić information content (AvgIpc) is 2.33. The third-order valence-corrected chi connectivity index (χ3v) is 3.49. The Morgan fingerprint density at radius 2 is 1.72 bits per heavy atom. The number of carboxylic acids is 1. The zero-order valence-corrected chi connectivity index (χ0v) is 12.3. The number of carboxylic acid groups (broad SMARTS) is 1. The van der Waals surface area contributed by atoms with Crippen molar-refractivity contribution in [3.63, 3.8) is 0 Å². The van der Waals surface area contributed by atoms with Gasteiger partial charge in [-0.1, -0.05) is 15.9 Å². The van der Waals surface area contributed by atoms with E-state index >= 15 is 0 Å². The Labute approximate surface area is 121 Å². The maximum atomic E-state index is 10.7. The zero-order chi connectivity index (χ0) is 13.1. The first-order valence-electron chi connectivity index (χ1n) is 5.12. The number of halogens is 2. The van der Waals surface area contributed by atoms with Crippen molar-refractivity contribution in [2.75, 3.05) is 5.32 Å². The van der Waals surface area contributed by atoms with E-state index in [0.29, 0.717) is 0 Å². The first-order chi connectivity index (χ1) is 8.56. The minimum absolute atomic E-state index is 0.274. The van der Waals surface area contributed by atoms with E-state index in [-0.39, 0.29) is 5.56 Å². The summed E-state index contributed by atoms with van der Waals surface area (Å²) in [6.07, 6.45) is 0. The van der Waals surface area contributed by atoms with E-state index < -0.39 is 5.97 Å². The van der Waals surface area contributed by atoms with E-state index in [1.807, 2.05) is 18.2 Å². The van der Waals surface area contributed by atoms with Gasteiger partial charge in [0.1, 0.15) is 0 Å². The van der Waals surface area contributed by atoms with Gasteiger partial charge in [0.25, 0.3) is 0 Å². The van der Waals surface area contributed by atoms with Crippen molar-refractivity contribution in [3.05, 3.63) is 57.0 Å². The molecule has 0 fully saturated rings. The maximum Gasteiger partial charge on any atom is 0.335 e. The van der Waals surface area contributed by atoms with Gasteiger partial charge in [0.2, 0.25) is 0 Å². The number of hydrogen-bond donors (Lipinski definition) is 2. The average molecular weight is 371 g/mol. The van der Waals surface area contributed by atoms with Crippen LogP contribution in [0.1, 0.15) is 10.4 Å². The van der Waals surface area contributed by atoms with Crippen molar-refractivity contribution < 1.29 is 9.90 Å². The summed E-state index contributed by atoms with van der Waals surface area (Å²) < 4.78 is 1.92. The summed E-state index contributed by atoms with van der Waals surface area (Å²) in [6.45, 7) is 0. The zero-order valence-electron chi connectivity index (χ0n) is 9.15. The molecule has 0 saturated heterocycles. The molecule has 92 valence electrons. The number of benzene rings is 2. The summed E-state index contributed by atoms with van der Waals surface area (Å²) >= 11 is 6.84. The SMILES string of the molecule is O=C(O)c1ccc(Nc2ccc(Br)cc2Br)cc1. The molecule has 0 spiro atoms. The lowest BCUT2D eigenvalue weighted by molar-refractivity contribution is 0.0697. The van der Waals surface area contributed by atoms with Crippen LogP contribution in [0, 0.1) is 0 Å². The van der Waals surface area contributed by atoms with E-state index in [9.17, 15) is 4.79 Å². The number of carbonyl (C=O) groups is 1. The molecule has 2 aromatic carbocycles. The standard InChI is InChI=1S/C13H9Br2NO2/c14-9-3-6-12(11(15)7-9)16-10-4-1-8(2-5-10)13(17)18/h1-7,16H,(H,17,18). The molecule has 18 heavy (non-hydrogen) atoms. The lowest BCUT2D eigenvalue weighted by Gasteiger charge is -2.09. The Morgan fingerprint density at radius 1 is 1.06 bits per heavy atom. The Hall–Kier alpha value is -1.33. The van der Waals surface area contributed by atoms with Gasteiger partial charge in [-0.2, -0.15) is 0 Å². The van der Waals surface area contributed by atoms with E-state index in [1.54, 1.807) is 24.3 Å². The van der Waals surface area contributed by atoms with Gasteiger partial charge < -0.3 is 10.4 Å². The topological polar surface area (TPSA) is 49.3 Å². The van der Waals surface area contributed by atoms with E-state index in [1.165, 1.54) is 0 Å². The lowest BCUT2D eigenvalue weighted by Crippen LogP contribution is -1.96. The van der Waals surface area contributed by atoms with Gasteiger partial charge in [-0.3, -0.25) is 0 Å². The molecule has 2 N–H and O–H groups in total. The molecule has 0 bridgehead atoms. The lowest BCUT2D eigenvalue weighted by atomic mass is 10.2. The van der Waals surface area contributed by atoms with Crippen LogP contribution in [0.2, 0.25) is 0 Å². The third kappa shape index (κ3) is 3.11. The molecule has 5 heteroatoms. The smallest absolute Gasteiger partial charge is 0.335 e. The second kappa shape index (κ2) is 5.54. The molecule has 0 saturated carbocycles. The van der Waals surface area contributed by atoms with Crippen LogP contribution < -0.4 is 5.32 Å². The van der Waals surface area contributed by atoms with Gasteiger partial charge in [0.05, 0.1) is 11.3 Å². The van der Waals surface area contributed by atoms with Gasteiger partial charge in [0, 0.05) is 14.6 Å². The van der Waals surface area contributed by atoms with Crippen LogP contribution >= 0.6 is 31.9 Å². The molecular weight excluding hydrogens is 362 g/mol. The highest BCUT2D eigenvalue weighted by molar-refractivity contribution is 9.11. The Morgan fingerprint density at radius 3 is 2.28 bits per heavy atom. The van der Waals surface area contributed by atoms with Gasteiger partial charge in [-0.15, -0.1) is 0 Å². The van der Waals surface area contributed by atoms with Crippen molar-refractivity contribution >= 4 is 49.2 Å². The van der Waals surface area contributed by atoms with Crippen LogP contribution in [0.5, 0.6) is 0 Å². The van der Waals surface area contributed by atoms with Gasteiger partial charge in [0.15, 0.2) is 0 Å². The summed E-state index contributed by atoms with van der Waals surface area (Å²) in [6, 6.07) is 12.4. The second-order valence-corrected chi connectivity index (χ2v) is 5.40. The molecule has 0 aliphatic heterocycles. The fourth-order valence-corrected chi connectivity index (χ4v) is 2.59.